The number of nitrogens with two attached hydrogens (primary N) is 2. The largest absolute Gasteiger partial charge is 0.457 e. The predicted octanol–water partition coefficient (Wildman–Crippen LogP) is 8.56. The second-order valence-electron chi connectivity index (χ2n) is 9.25. The number of rotatable bonds is 13. The van der Waals surface area contributed by atoms with Crippen molar-refractivity contribution in [2.45, 2.75) is 51.4 Å². The van der Waals surface area contributed by atoms with Crippen molar-refractivity contribution in [3.8, 4) is 23.0 Å². The van der Waals surface area contributed by atoms with E-state index in [0.717, 1.165) is 47.2 Å². The van der Waals surface area contributed by atoms with Crippen molar-refractivity contribution in [1.82, 2.24) is 0 Å². The highest BCUT2D eigenvalue weighted by atomic mass is 16.5. The van der Waals surface area contributed by atoms with Gasteiger partial charge in [0.2, 0.25) is 0 Å². The summed E-state index contributed by atoms with van der Waals surface area (Å²) in [4.78, 5) is 0. The van der Waals surface area contributed by atoms with Crippen molar-refractivity contribution in [1.29, 1.82) is 0 Å². The van der Waals surface area contributed by atoms with Crippen molar-refractivity contribution >= 4 is 11.4 Å². The number of benzene rings is 4. The van der Waals surface area contributed by atoms with Gasteiger partial charge in [-0.2, -0.15) is 0 Å². The summed E-state index contributed by atoms with van der Waals surface area (Å²) in [6, 6.07) is 31.8. The van der Waals surface area contributed by atoms with Crippen LogP contribution in [-0.2, 0) is 12.8 Å². The molecule has 0 radical (unpaired) electrons. The van der Waals surface area contributed by atoms with Gasteiger partial charge in [0, 0.05) is 11.4 Å². The fourth-order valence-electron chi connectivity index (χ4n) is 4.16. The van der Waals surface area contributed by atoms with Crippen molar-refractivity contribution < 1.29 is 9.47 Å². The van der Waals surface area contributed by atoms with Crippen LogP contribution in [0.15, 0.2) is 97.1 Å². The van der Waals surface area contributed by atoms with Gasteiger partial charge in [0.05, 0.1) is 0 Å². The van der Waals surface area contributed by atoms with E-state index >= 15 is 0 Å². The van der Waals surface area contributed by atoms with Gasteiger partial charge in [-0.15, -0.1) is 0 Å². The van der Waals surface area contributed by atoms with Crippen LogP contribution in [0, 0.1) is 0 Å². The Morgan fingerprint density at radius 1 is 0.361 bits per heavy atom. The molecule has 4 aromatic rings. The third-order valence-electron chi connectivity index (χ3n) is 6.26. The summed E-state index contributed by atoms with van der Waals surface area (Å²) in [6.45, 7) is 0. The molecule has 4 aromatic carbocycles. The summed E-state index contributed by atoms with van der Waals surface area (Å²) in [5, 5.41) is 0. The van der Waals surface area contributed by atoms with Gasteiger partial charge in [0.15, 0.2) is 0 Å². The van der Waals surface area contributed by atoms with E-state index in [-0.39, 0.29) is 0 Å². The minimum absolute atomic E-state index is 0.741. The van der Waals surface area contributed by atoms with E-state index in [0.29, 0.717) is 0 Å². The lowest BCUT2D eigenvalue weighted by molar-refractivity contribution is 0.482. The van der Waals surface area contributed by atoms with Crippen LogP contribution >= 0.6 is 0 Å². The maximum atomic E-state index is 5.87. The number of aryl methyl sites for hydroxylation is 2. The first-order chi connectivity index (χ1) is 17.6. The number of unbranched alkanes of at least 4 members (excludes halogenated alkanes) is 5. The minimum Gasteiger partial charge on any atom is -0.457 e. The van der Waals surface area contributed by atoms with Gasteiger partial charge in [-0.1, -0.05) is 49.9 Å². The zero-order chi connectivity index (χ0) is 25.0. The SMILES string of the molecule is Nc1ccc(Oc2ccc(CCCCCCCCc3ccc(Oc4ccc(N)cc4)cc3)cc2)cc1. The monoisotopic (exact) mass is 480 g/mol. The summed E-state index contributed by atoms with van der Waals surface area (Å²) in [5.74, 6) is 3.31. The van der Waals surface area contributed by atoms with Gasteiger partial charge in [-0.05, 0) is 110 Å². The van der Waals surface area contributed by atoms with E-state index < -0.39 is 0 Å². The average Bonchev–Trinajstić information content (AvgIpc) is 2.90. The van der Waals surface area contributed by atoms with Crippen LogP contribution < -0.4 is 20.9 Å². The summed E-state index contributed by atoms with van der Waals surface area (Å²) in [5.41, 5.74) is 15.7. The first kappa shape index (κ1) is 25.2. The van der Waals surface area contributed by atoms with E-state index in [9.17, 15) is 0 Å². The highest BCUT2D eigenvalue weighted by molar-refractivity contribution is 5.44. The molecule has 0 amide bonds. The van der Waals surface area contributed by atoms with Crippen LogP contribution in [-0.4, -0.2) is 0 Å². The normalized spacial score (nSPS) is 10.8. The molecule has 4 nitrogen and oxygen atoms in total. The molecular weight excluding hydrogens is 444 g/mol. The maximum Gasteiger partial charge on any atom is 0.127 e. The molecule has 0 heterocycles. The maximum absolute atomic E-state index is 5.87. The van der Waals surface area contributed by atoms with Gasteiger partial charge >= 0.3 is 0 Å². The Morgan fingerprint density at radius 3 is 0.972 bits per heavy atom. The Morgan fingerprint density at radius 2 is 0.639 bits per heavy atom. The van der Waals surface area contributed by atoms with Crippen LogP contribution in [0.2, 0.25) is 0 Å². The Balaban J connectivity index is 1.05. The highest BCUT2D eigenvalue weighted by Gasteiger charge is 2.01. The van der Waals surface area contributed by atoms with Crippen LogP contribution in [0.1, 0.15) is 49.7 Å². The topological polar surface area (TPSA) is 70.5 Å². The molecule has 186 valence electrons. The van der Waals surface area contributed by atoms with Crippen molar-refractivity contribution in [3.63, 3.8) is 0 Å². The number of hydrogen-bond donors (Lipinski definition) is 2. The number of anilines is 2. The molecule has 0 aliphatic heterocycles. The van der Waals surface area contributed by atoms with Crippen LogP contribution in [0.3, 0.4) is 0 Å². The van der Waals surface area contributed by atoms with Crippen LogP contribution in [0.25, 0.3) is 0 Å². The average molecular weight is 481 g/mol. The lowest BCUT2D eigenvalue weighted by Crippen LogP contribution is -1.90. The number of hydrogen-bond acceptors (Lipinski definition) is 4. The molecule has 4 heteroatoms. The molecule has 0 saturated heterocycles. The highest BCUT2D eigenvalue weighted by Crippen LogP contribution is 2.24. The Hall–Kier alpha value is -3.92. The first-order valence-electron chi connectivity index (χ1n) is 12.9. The zero-order valence-corrected chi connectivity index (χ0v) is 20.9. The van der Waals surface area contributed by atoms with Gasteiger partial charge in [0.1, 0.15) is 23.0 Å². The molecule has 0 fully saturated rings. The summed E-state index contributed by atoms with van der Waals surface area (Å²) < 4.78 is 11.7. The van der Waals surface area contributed by atoms with Gasteiger partial charge in [-0.3, -0.25) is 0 Å². The van der Waals surface area contributed by atoms with E-state index in [1.807, 2.05) is 72.8 Å². The molecular formula is C32H36N2O2. The predicted molar refractivity (Wildman–Crippen MR) is 150 cm³/mol. The Kier molecular flexibility index (Phi) is 9.26. The molecule has 4 N–H and O–H groups in total. The second-order valence-corrected chi connectivity index (χ2v) is 9.25. The summed E-state index contributed by atoms with van der Waals surface area (Å²) in [6.07, 6.45) is 9.85. The molecule has 0 aliphatic rings. The smallest absolute Gasteiger partial charge is 0.127 e. The minimum atomic E-state index is 0.741. The Bertz CT molecular complexity index is 1070. The fraction of sp³-hybridized carbons (Fsp3) is 0.250. The van der Waals surface area contributed by atoms with Crippen LogP contribution in [0.5, 0.6) is 23.0 Å². The standard InChI is InChI=1S/C32H36N2O2/c33-27-13-21-31(22-14-27)35-29-17-9-25(10-18-29)7-5-3-1-2-4-6-8-26-11-19-30(20-12-26)36-32-23-15-28(34)16-24-32/h9-24H,1-8,33-34H2. The first-order valence-corrected chi connectivity index (χ1v) is 12.9. The van der Waals surface area contributed by atoms with Crippen molar-refractivity contribution in [3.05, 3.63) is 108 Å². The molecule has 0 atom stereocenters. The molecule has 0 aromatic heterocycles. The van der Waals surface area contributed by atoms with Crippen molar-refractivity contribution in [2.24, 2.45) is 0 Å². The van der Waals surface area contributed by atoms with E-state index in [2.05, 4.69) is 24.3 Å². The third-order valence-corrected chi connectivity index (χ3v) is 6.26. The fourth-order valence-corrected chi connectivity index (χ4v) is 4.16. The Labute approximate surface area is 214 Å². The third kappa shape index (κ3) is 8.38. The van der Waals surface area contributed by atoms with E-state index in [1.165, 1.54) is 49.7 Å². The lowest BCUT2D eigenvalue weighted by atomic mass is 10.0. The number of ether oxygens (including phenoxy) is 2. The van der Waals surface area contributed by atoms with Crippen molar-refractivity contribution in [2.75, 3.05) is 11.5 Å². The van der Waals surface area contributed by atoms with Gasteiger partial charge in [-0.25, -0.2) is 0 Å². The molecule has 0 spiro atoms. The summed E-state index contributed by atoms with van der Waals surface area (Å²) in [7, 11) is 0. The molecule has 4 rings (SSSR count). The van der Waals surface area contributed by atoms with E-state index in [1.54, 1.807) is 0 Å². The van der Waals surface area contributed by atoms with Gasteiger partial charge in [0.25, 0.3) is 0 Å². The second kappa shape index (κ2) is 13.2. The molecule has 36 heavy (non-hydrogen) atoms. The quantitative estimate of drug-likeness (QED) is 0.148. The lowest BCUT2D eigenvalue weighted by Gasteiger charge is -2.08. The number of nitrogen functional groups attached to an aromatic ring is 2. The molecule has 0 bridgehead atoms. The molecule has 0 unspecified atom stereocenters. The van der Waals surface area contributed by atoms with Crippen LogP contribution in [0.4, 0.5) is 11.4 Å². The zero-order valence-electron chi connectivity index (χ0n) is 20.9. The van der Waals surface area contributed by atoms with E-state index in [4.69, 9.17) is 20.9 Å². The summed E-state index contributed by atoms with van der Waals surface area (Å²) >= 11 is 0. The molecule has 0 aliphatic carbocycles. The van der Waals surface area contributed by atoms with Gasteiger partial charge < -0.3 is 20.9 Å². The molecule has 0 saturated carbocycles.